The van der Waals surface area contributed by atoms with Crippen molar-refractivity contribution in [1.29, 1.82) is 0 Å². The maximum absolute atomic E-state index is 13.3. The molecule has 0 aliphatic carbocycles. The maximum Gasteiger partial charge on any atom is 0.270 e. The molecule has 12 heteroatoms. The molecule has 0 bridgehead atoms. The predicted octanol–water partition coefficient (Wildman–Crippen LogP) is 2.38. The van der Waals surface area contributed by atoms with Crippen LogP contribution in [0.15, 0.2) is 36.4 Å². The fourth-order valence-electron chi connectivity index (χ4n) is 4.13. The van der Waals surface area contributed by atoms with E-state index >= 15 is 0 Å². The summed E-state index contributed by atoms with van der Waals surface area (Å²) >= 11 is 6.09. The molecule has 4 rings (SSSR count). The lowest BCUT2D eigenvalue weighted by atomic mass is 9.97. The van der Waals surface area contributed by atoms with Gasteiger partial charge in [0.1, 0.15) is 34.7 Å². The molecule has 202 valence electrons. The number of halogens is 1. The first-order valence-electron chi connectivity index (χ1n) is 12.1. The minimum absolute atomic E-state index is 0.00912. The summed E-state index contributed by atoms with van der Waals surface area (Å²) < 4.78 is 10.6. The van der Waals surface area contributed by atoms with E-state index in [0.29, 0.717) is 43.2 Å². The number of ether oxygens (including phenoxy) is 2. The number of hydrogen-bond donors (Lipinski definition) is 5. The summed E-state index contributed by atoms with van der Waals surface area (Å²) in [5.74, 6) is -0.827. The van der Waals surface area contributed by atoms with E-state index in [0.717, 1.165) is 19.2 Å². The van der Waals surface area contributed by atoms with Crippen molar-refractivity contribution in [3.63, 3.8) is 0 Å². The topological polar surface area (TPSA) is 149 Å². The van der Waals surface area contributed by atoms with Gasteiger partial charge >= 0.3 is 0 Å². The van der Waals surface area contributed by atoms with Crippen LogP contribution in [0.1, 0.15) is 17.4 Å². The Bertz CT molecular complexity index is 1290. The van der Waals surface area contributed by atoms with Gasteiger partial charge in [-0.2, -0.15) is 5.10 Å². The van der Waals surface area contributed by atoms with Crippen molar-refractivity contribution in [3.8, 4) is 39.6 Å². The number of phenolic OH excluding ortho intramolecular Hbond substituents is 2. The summed E-state index contributed by atoms with van der Waals surface area (Å²) in [6.45, 7) is 5.73. The number of carbonyl (C=O) groups is 2. The van der Waals surface area contributed by atoms with Crippen molar-refractivity contribution in [2.45, 2.75) is 13.0 Å². The molecule has 1 saturated heterocycles. The number of carbonyl (C=O) groups excluding carboxylic acids is 2. The van der Waals surface area contributed by atoms with Crippen LogP contribution in [0.3, 0.4) is 0 Å². The van der Waals surface area contributed by atoms with Crippen molar-refractivity contribution < 1.29 is 29.3 Å². The Labute approximate surface area is 224 Å². The van der Waals surface area contributed by atoms with E-state index in [1.54, 1.807) is 38.3 Å². The molecule has 0 saturated carbocycles. The summed E-state index contributed by atoms with van der Waals surface area (Å²) in [4.78, 5) is 28.1. The first-order chi connectivity index (χ1) is 18.3. The number of phenols is 2. The Morgan fingerprint density at radius 2 is 1.89 bits per heavy atom. The molecule has 2 aromatic carbocycles. The lowest BCUT2D eigenvalue weighted by molar-refractivity contribution is -0.122. The quantitative estimate of drug-likeness (QED) is 0.276. The van der Waals surface area contributed by atoms with Crippen LogP contribution in [-0.4, -0.2) is 89.7 Å². The number of nitrogens with zero attached hydrogens (tertiary/aromatic N) is 2. The van der Waals surface area contributed by atoms with Crippen molar-refractivity contribution in [3.05, 3.63) is 47.1 Å². The van der Waals surface area contributed by atoms with Gasteiger partial charge in [-0.3, -0.25) is 19.6 Å². The molecule has 1 aliphatic rings. The number of amides is 2. The summed E-state index contributed by atoms with van der Waals surface area (Å²) in [5.41, 5.74) is 1.51. The summed E-state index contributed by atoms with van der Waals surface area (Å²) in [5, 5.41) is 32.9. The van der Waals surface area contributed by atoms with Gasteiger partial charge in [0, 0.05) is 43.4 Å². The molecule has 1 aromatic heterocycles. The number of benzene rings is 2. The Balaban J connectivity index is 1.56. The van der Waals surface area contributed by atoms with Crippen molar-refractivity contribution >= 4 is 23.4 Å². The zero-order valence-electron chi connectivity index (χ0n) is 21.1. The van der Waals surface area contributed by atoms with Crippen LogP contribution in [-0.2, 0) is 9.53 Å². The molecular formula is C26H30ClN5O6. The molecule has 38 heavy (non-hydrogen) atoms. The van der Waals surface area contributed by atoms with E-state index in [9.17, 15) is 19.8 Å². The Morgan fingerprint density at radius 3 is 2.58 bits per heavy atom. The zero-order chi connectivity index (χ0) is 27.2. The lowest BCUT2D eigenvalue weighted by Crippen LogP contribution is -2.47. The largest absolute Gasteiger partial charge is 0.507 e. The van der Waals surface area contributed by atoms with Gasteiger partial charge in [-0.05, 0) is 30.7 Å². The Hall–Kier alpha value is -3.80. The standard InChI is InChI=1S/C26H30ClN5O6/c1-15(25(35)28-7-8-32-9-11-38-12-10-32)29-26(36)24-22(16-3-5-17(37-2)6-4-16)23(30-31-24)18-13-19(27)21(34)14-20(18)33/h3-6,13-15,33-34H,7-12H2,1-2H3,(H,28,35)(H,29,36)(H,30,31)/t15-/m1/s1. The third-order valence-electron chi connectivity index (χ3n) is 6.26. The van der Waals surface area contributed by atoms with E-state index in [2.05, 4.69) is 25.7 Å². The van der Waals surface area contributed by atoms with Crippen molar-refractivity contribution in [2.24, 2.45) is 0 Å². The van der Waals surface area contributed by atoms with Gasteiger partial charge in [0.05, 0.1) is 25.3 Å². The van der Waals surface area contributed by atoms with Crippen LogP contribution in [0.4, 0.5) is 0 Å². The van der Waals surface area contributed by atoms with Gasteiger partial charge in [0.15, 0.2) is 0 Å². The van der Waals surface area contributed by atoms with E-state index in [1.165, 1.54) is 6.07 Å². The van der Waals surface area contributed by atoms with Crippen LogP contribution in [0.5, 0.6) is 17.2 Å². The molecule has 3 aromatic rings. The molecule has 0 unspecified atom stereocenters. The number of morpholine rings is 1. The summed E-state index contributed by atoms with van der Waals surface area (Å²) in [6.07, 6.45) is 0. The smallest absolute Gasteiger partial charge is 0.270 e. The molecule has 1 fully saturated rings. The molecule has 1 atom stereocenters. The van der Waals surface area contributed by atoms with Crippen LogP contribution < -0.4 is 15.4 Å². The number of aromatic amines is 1. The number of hydrogen-bond acceptors (Lipinski definition) is 8. The average Bonchev–Trinajstić information content (AvgIpc) is 3.36. The van der Waals surface area contributed by atoms with Gasteiger partial charge < -0.3 is 30.3 Å². The number of aromatic hydroxyl groups is 2. The maximum atomic E-state index is 13.3. The Kier molecular flexibility index (Phi) is 8.72. The van der Waals surface area contributed by atoms with Crippen LogP contribution >= 0.6 is 11.6 Å². The van der Waals surface area contributed by atoms with Crippen LogP contribution in [0.2, 0.25) is 5.02 Å². The van der Waals surface area contributed by atoms with E-state index < -0.39 is 11.9 Å². The van der Waals surface area contributed by atoms with E-state index in [4.69, 9.17) is 21.1 Å². The molecule has 0 radical (unpaired) electrons. The minimum Gasteiger partial charge on any atom is -0.507 e. The lowest BCUT2D eigenvalue weighted by Gasteiger charge is -2.26. The monoisotopic (exact) mass is 543 g/mol. The van der Waals surface area contributed by atoms with E-state index in [-0.39, 0.29) is 39.4 Å². The number of aromatic nitrogens is 2. The zero-order valence-corrected chi connectivity index (χ0v) is 21.8. The van der Waals surface area contributed by atoms with Gasteiger partial charge in [-0.15, -0.1) is 0 Å². The number of methoxy groups -OCH3 is 1. The molecule has 2 amide bonds. The molecule has 5 N–H and O–H groups in total. The number of nitrogens with one attached hydrogen (secondary N) is 3. The number of H-pyrrole nitrogens is 1. The van der Waals surface area contributed by atoms with Gasteiger partial charge in [0.2, 0.25) is 5.91 Å². The average molecular weight is 544 g/mol. The highest BCUT2D eigenvalue weighted by Gasteiger charge is 2.26. The minimum atomic E-state index is -0.820. The third-order valence-corrected chi connectivity index (χ3v) is 6.57. The van der Waals surface area contributed by atoms with Gasteiger partial charge in [-0.25, -0.2) is 0 Å². The van der Waals surface area contributed by atoms with Crippen molar-refractivity contribution in [2.75, 3.05) is 46.5 Å². The van der Waals surface area contributed by atoms with E-state index in [1.807, 2.05) is 0 Å². The highest BCUT2D eigenvalue weighted by atomic mass is 35.5. The normalized spacial score (nSPS) is 14.6. The Morgan fingerprint density at radius 1 is 1.18 bits per heavy atom. The molecule has 2 heterocycles. The summed E-state index contributed by atoms with van der Waals surface area (Å²) in [7, 11) is 1.54. The third kappa shape index (κ3) is 6.18. The second-order valence-corrected chi connectivity index (χ2v) is 9.22. The second-order valence-electron chi connectivity index (χ2n) is 8.81. The van der Waals surface area contributed by atoms with Gasteiger partial charge in [0.25, 0.3) is 5.91 Å². The van der Waals surface area contributed by atoms with Crippen LogP contribution in [0.25, 0.3) is 22.4 Å². The molecule has 0 spiro atoms. The van der Waals surface area contributed by atoms with Gasteiger partial charge in [-0.1, -0.05) is 23.7 Å². The molecule has 1 aliphatic heterocycles. The second kappa shape index (κ2) is 12.2. The highest BCUT2D eigenvalue weighted by molar-refractivity contribution is 6.32. The molecule has 11 nitrogen and oxygen atoms in total. The first kappa shape index (κ1) is 27.2. The number of rotatable bonds is 9. The SMILES string of the molecule is COc1ccc(-c2c(-c3cc(Cl)c(O)cc3O)n[nH]c2C(=O)N[C@H](C)C(=O)NCCN2CCOCC2)cc1. The fourth-order valence-corrected chi connectivity index (χ4v) is 4.29. The predicted molar refractivity (Wildman–Crippen MR) is 142 cm³/mol. The summed E-state index contributed by atoms with van der Waals surface area (Å²) in [6, 6.07) is 8.58. The molecular weight excluding hydrogens is 514 g/mol. The fraction of sp³-hybridized carbons (Fsp3) is 0.346. The van der Waals surface area contributed by atoms with Crippen molar-refractivity contribution in [1.82, 2.24) is 25.7 Å². The van der Waals surface area contributed by atoms with Crippen LogP contribution in [0, 0.1) is 0 Å². The first-order valence-corrected chi connectivity index (χ1v) is 12.5. The highest BCUT2D eigenvalue weighted by Crippen LogP contribution is 2.41.